The number of esters is 2. The minimum Gasteiger partial charge on any atom is -0.462 e. The van der Waals surface area contributed by atoms with Crippen LogP contribution in [0.15, 0.2) is 54.0 Å². The van der Waals surface area contributed by atoms with Gasteiger partial charge >= 0.3 is 11.9 Å². The summed E-state index contributed by atoms with van der Waals surface area (Å²) in [4.78, 5) is 41.6. The first-order chi connectivity index (χ1) is 14.9. The highest BCUT2D eigenvalue weighted by molar-refractivity contribution is 7.15. The number of ether oxygens (including phenoxy) is 2. The van der Waals surface area contributed by atoms with Crippen molar-refractivity contribution in [2.45, 2.75) is 26.9 Å². The Morgan fingerprint density at radius 1 is 1.10 bits per heavy atom. The Hall–Kier alpha value is -3.52. The lowest BCUT2D eigenvalue weighted by molar-refractivity contribution is -0.123. The molecule has 1 atom stereocenters. The van der Waals surface area contributed by atoms with Crippen LogP contribution in [-0.2, 0) is 14.3 Å². The van der Waals surface area contributed by atoms with Crippen LogP contribution in [0.4, 0.5) is 5.00 Å². The summed E-state index contributed by atoms with van der Waals surface area (Å²) in [6.45, 7) is 5.18. The number of carbonyl (C=O) groups is 3. The van der Waals surface area contributed by atoms with E-state index in [1.54, 1.807) is 31.4 Å². The number of pyridine rings is 1. The maximum Gasteiger partial charge on any atom is 0.341 e. The molecule has 7 nitrogen and oxygen atoms in total. The first-order valence-electron chi connectivity index (χ1n) is 9.69. The molecule has 0 aliphatic carbocycles. The average molecular weight is 439 g/mol. The highest BCUT2D eigenvalue weighted by Gasteiger charge is 2.25. The number of nitrogens with zero attached hydrogens (tertiary/aromatic N) is 1. The topological polar surface area (TPSA) is 94.6 Å². The summed E-state index contributed by atoms with van der Waals surface area (Å²) in [6.07, 6.45) is 0.318. The van der Waals surface area contributed by atoms with Gasteiger partial charge in [-0.2, -0.15) is 0 Å². The van der Waals surface area contributed by atoms with Crippen LogP contribution in [0.3, 0.4) is 0 Å². The van der Waals surface area contributed by atoms with Gasteiger partial charge in [0.15, 0.2) is 6.10 Å². The summed E-state index contributed by atoms with van der Waals surface area (Å²) >= 11 is 1.20. The molecule has 1 N–H and O–H groups in total. The standard InChI is InChI=1S/C23H22N2O5S/c1-4-29-23(28)19-18(16-8-6-5-7-9-16)13-31-21(19)25-20(26)15(3)30-22(27)17-11-10-14(2)24-12-17/h5-13,15H,4H2,1-3H3,(H,25,26). The molecular weight excluding hydrogens is 416 g/mol. The van der Waals surface area contributed by atoms with Crippen molar-refractivity contribution in [2.75, 3.05) is 11.9 Å². The van der Waals surface area contributed by atoms with Gasteiger partial charge in [-0.3, -0.25) is 9.78 Å². The second-order valence-electron chi connectivity index (χ2n) is 6.67. The summed E-state index contributed by atoms with van der Waals surface area (Å²) in [6, 6.07) is 12.6. The third kappa shape index (κ3) is 5.35. The molecule has 2 heterocycles. The van der Waals surface area contributed by atoms with Crippen molar-refractivity contribution in [3.05, 3.63) is 70.9 Å². The number of amides is 1. The quantitative estimate of drug-likeness (QED) is 0.547. The van der Waals surface area contributed by atoms with Gasteiger partial charge in [-0.25, -0.2) is 9.59 Å². The summed E-state index contributed by atoms with van der Waals surface area (Å²) in [5.74, 6) is -1.74. The first-order valence-corrected chi connectivity index (χ1v) is 10.6. The molecule has 0 saturated heterocycles. The fourth-order valence-corrected chi connectivity index (χ4v) is 3.73. The minimum atomic E-state index is -1.08. The molecular formula is C23H22N2O5S. The van der Waals surface area contributed by atoms with Gasteiger partial charge < -0.3 is 14.8 Å². The van der Waals surface area contributed by atoms with Crippen molar-refractivity contribution >= 4 is 34.2 Å². The third-order valence-electron chi connectivity index (χ3n) is 4.39. The highest BCUT2D eigenvalue weighted by Crippen LogP contribution is 2.36. The average Bonchev–Trinajstić information content (AvgIpc) is 3.18. The number of aromatic nitrogens is 1. The van der Waals surface area contributed by atoms with Crippen LogP contribution in [0.2, 0.25) is 0 Å². The SMILES string of the molecule is CCOC(=O)c1c(-c2ccccc2)csc1NC(=O)C(C)OC(=O)c1ccc(C)nc1. The molecule has 160 valence electrons. The molecule has 0 radical (unpaired) electrons. The van der Waals surface area contributed by atoms with E-state index in [1.165, 1.54) is 24.5 Å². The smallest absolute Gasteiger partial charge is 0.341 e. The Morgan fingerprint density at radius 3 is 2.48 bits per heavy atom. The van der Waals surface area contributed by atoms with Crippen LogP contribution in [-0.4, -0.2) is 35.5 Å². The number of anilines is 1. The maximum atomic E-state index is 12.7. The monoisotopic (exact) mass is 438 g/mol. The number of hydrogen-bond donors (Lipinski definition) is 1. The summed E-state index contributed by atoms with van der Waals surface area (Å²) < 4.78 is 10.4. The molecule has 2 aromatic heterocycles. The van der Waals surface area contributed by atoms with Crippen LogP contribution in [0, 0.1) is 6.92 Å². The molecule has 8 heteroatoms. The van der Waals surface area contributed by atoms with E-state index < -0.39 is 23.9 Å². The van der Waals surface area contributed by atoms with Crippen LogP contribution in [0.5, 0.6) is 0 Å². The summed E-state index contributed by atoms with van der Waals surface area (Å²) in [5.41, 5.74) is 2.77. The zero-order valence-electron chi connectivity index (χ0n) is 17.4. The van der Waals surface area contributed by atoms with Crippen molar-refractivity contribution < 1.29 is 23.9 Å². The molecule has 0 bridgehead atoms. The van der Waals surface area contributed by atoms with Gasteiger partial charge in [0.05, 0.1) is 12.2 Å². The molecule has 1 unspecified atom stereocenters. The fourth-order valence-electron chi connectivity index (χ4n) is 2.77. The second kappa shape index (κ2) is 9.99. The van der Waals surface area contributed by atoms with Crippen molar-refractivity contribution in [2.24, 2.45) is 0 Å². The molecule has 31 heavy (non-hydrogen) atoms. The number of rotatable bonds is 7. The number of carbonyl (C=O) groups excluding carboxylic acids is 3. The predicted octanol–water partition coefficient (Wildman–Crippen LogP) is 4.48. The van der Waals surface area contributed by atoms with Crippen molar-refractivity contribution in [1.82, 2.24) is 4.98 Å². The van der Waals surface area contributed by atoms with Crippen LogP contribution < -0.4 is 5.32 Å². The van der Waals surface area contributed by atoms with Crippen LogP contribution >= 0.6 is 11.3 Å². The second-order valence-corrected chi connectivity index (χ2v) is 7.54. The van der Waals surface area contributed by atoms with Crippen molar-refractivity contribution in [3.63, 3.8) is 0 Å². The Kier molecular flexibility index (Phi) is 7.15. The van der Waals surface area contributed by atoms with E-state index in [-0.39, 0.29) is 17.7 Å². The molecule has 1 aromatic carbocycles. The molecule has 0 saturated carbocycles. The molecule has 3 aromatic rings. The van der Waals surface area contributed by atoms with Crippen molar-refractivity contribution in [1.29, 1.82) is 0 Å². The van der Waals surface area contributed by atoms with E-state index in [0.717, 1.165) is 11.3 Å². The van der Waals surface area contributed by atoms with Gasteiger partial charge in [-0.1, -0.05) is 30.3 Å². The fraction of sp³-hybridized carbons (Fsp3) is 0.217. The lowest BCUT2D eigenvalue weighted by Gasteiger charge is -2.14. The third-order valence-corrected chi connectivity index (χ3v) is 5.29. The predicted molar refractivity (Wildman–Crippen MR) is 118 cm³/mol. The first kappa shape index (κ1) is 22.2. The molecule has 0 fully saturated rings. The molecule has 0 aliphatic heterocycles. The lowest BCUT2D eigenvalue weighted by atomic mass is 10.0. The molecule has 3 rings (SSSR count). The maximum absolute atomic E-state index is 12.7. The Balaban J connectivity index is 1.78. The highest BCUT2D eigenvalue weighted by atomic mass is 32.1. The van der Waals surface area contributed by atoms with Gasteiger partial charge in [0.2, 0.25) is 0 Å². The number of nitrogens with one attached hydrogen (secondary N) is 1. The molecule has 0 aliphatic rings. The minimum absolute atomic E-state index is 0.203. The molecule has 0 spiro atoms. The van der Waals surface area contributed by atoms with Gasteiger partial charge in [0.25, 0.3) is 5.91 Å². The van der Waals surface area contributed by atoms with Gasteiger partial charge in [0.1, 0.15) is 10.6 Å². The van der Waals surface area contributed by atoms with E-state index in [0.29, 0.717) is 10.6 Å². The van der Waals surface area contributed by atoms with E-state index in [9.17, 15) is 14.4 Å². The lowest BCUT2D eigenvalue weighted by Crippen LogP contribution is -2.30. The number of benzene rings is 1. The Bertz CT molecular complexity index is 1080. The Morgan fingerprint density at radius 2 is 1.84 bits per heavy atom. The van der Waals surface area contributed by atoms with Crippen molar-refractivity contribution in [3.8, 4) is 11.1 Å². The van der Waals surface area contributed by atoms with E-state index >= 15 is 0 Å². The molecule has 1 amide bonds. The van der Waals surface area contributed by atoms with Gasteiger partial charge in [-0.05, 0) is 38.5 Å². The zero-order valence-corrected chi connectivity index (χ0v) is 18.2. The van der Waals surface area contributed by atoms with Gasteiger partial charge in [-0.15, -0.1) is 11.3 Å². The van der Waals surface area contributed by atoms with Crippen LogP contribution in [0.25, 0.3) is 11.1 Å². The van der Waals surface area contributed by atoms with E-state index in [2.05, 4.69) is 10.3 Å². The Labute approximate surface area is 184 Å². The zero-order chi connectivity index (χ0) is 22.4. The van der Waals surface area contributed by atoms with Gasteiger partial charge in [0, 0.05) is 22.8 Å². The summed E-state index contributed by atoms with van der Waals surface area (Å²) in [7, 11) is 0. The van der Waals surface area contributed by atoms with E-state index in [1.807, 2.05) is 30.3 Å². The number of aryl methyl sites for hydroxylation is 1. The van der Waals surface area contributed by atoms with Crippen LogP contribution in [0.1, 0.15) is 40.3 Å². The largest absolute Gasteiger partial charge is 0.462 e. The summed E-state index contributed by atoms with van der Waals surface area (Å²) in [5, 5.41) is 4.81. The number of thiophene rings is 1. The number of hydrogen-bond acceptors (Lipinski definition) is 7. The normalized spacial score (nSPS) is 11.5. The van der Waals surface area contributed by atoms with E-state index in [4.69, 9.17) is 9.47 Å².